The number of hydrogen-bond acceptors (Lipinski definition) is 5. The molecule has 0 aromatic heterocycles. The molecule has 0 N–H and O–H groups in total. The Bertz CT molecular complexity index is 362. The molecule has 0 aromatic carbocycles. The summed E-state index contributed by atoms with van der Waals surface area (Å²) in [6.45, 7) is 17.2. The van der Waals surface area contributed by atoms with E-state index in [9.17, 15) is 4.79 Å². The van der Waals surface area contributed by atoms with Gasteiger partial charge in [0.1, 0.15) is 0 Å². The molecule has 0 atom stereocenters. The highest BCUT2D eigenvalue weighted by Crippen LogP contribution is 2.30. The second kappa shape index (κ2) is 9.57. The van der Waals surface area contributed by atoms with E-state index >= 15 is 0 Å². The van der Waals surface area contributed by atoms with Crippen LogP contribution in [0.1, 0.15) is 62.3 Å². The lowest BCUT2D eigenvalue weighted by Gasteiger charge is -2.39. The molecule has 136 valence electrons. The molecule has 0 aliphatic heterocycles. The molecular weight excluding hydrogens is 312 g/mol. The van der Waals surface area contributed by atoms with Crippen LogP contribution in [0.2, 0.25) is 6.04 Å². The van der Waals surface area contributed by atoms with Crippen molar-refractivity contribution in [3.8, 4) is 0 Å². The van der Waals surface area contributed by atoms with E-state index in [0.29, 0.717) is 12.0 Å². The zero-order chi connectivity index (χ0) is 18.3. The Morgan fingerprint density at radius 2 is 1.52 bits per heavy atom. The molecule has 23 heavy (non-hydrogen) atoms. The predicted octanol–water partition coefficient (Wildman–Crippen LogP) is 4.30. The van der Waals surface area contributed by atoms with E-state index < -0.39 is 20.6 Å². The first-order chi connectivity index (χ1) is 10.4. The summed E-state index contributed by atoms with van der Waals surface area (Å²) in [4.78, 5) is 11.8. The van der Waals surface area contributed by atoms with Crippen LogP contribution in [0.4, 0.5) is 0 Å². The molecule has 0 saturated heterocycles. The number of ether oxygens (including phenoxy) is 1. The van der Waals surface area contributed by atoms with Crippen LogP contribution in [-0.2, 0) is 22.8 Å². The second-order valence-electron chi connectivity index (χ2n) is 7.04. The van der Waals surface area contributed by atoms with Crippen LogP contribution in [0.5, 0.6) is 0 Å². The molecule has 0 unspecified atom stereocenters. The number of carbonyl (C=O) groups is 1. The van der Waals surface area contributed by atoms with Crippen LogP contribution in [-0.4, -0.2) is 32.8 Å². The molecule has 5 nitrogen and oxygen atoms in total. The number of carbonyl (C=O) groups excluding carboxylic acids is 1. The average Bonchev–Trinajstić information content (AvgIpc) is 2.22. The fourth-order valence-corrected chi connectivity index (χ4v) is 5.89. The van der Waals surface area contributed by atoms with Crippen molar-refractivity contribution in [3.63, 3.8) is 0 Å². The van der Waals surface area contributed by atoms with E-state index in [1.165, 1.54) is 6.08 Å². The third-order valence-corrected chi connectivity index (χ3v) is 6.32. The van der Waals surface area contributed by atoms with Gasteiger partial charge in [-0.1, -0.05) is 19.9 Å². The van der Waals surface area contributed by atoms with Crippen molar-refractivity contribution in [2.24, 2.45) is 5.92 Å². The van der Waals surface area contributed by atoms with Gasteiger partial charge in [0.25, 0.3) is 0 Å². The lowest BCUT2D eigenvalue weighted by molar-refractivity contribution is -0.197. The lowest BCUT2D eigenvalue weighted by Crippen LogP contribution is -2.55. The van der Waals surface area contributed by atoms with Gasteiger partial charge in [0.15, 0.2) is 0 Å². The fraction of sp³-hybridized carbons (Fsp3) is 0.824. The van der Waals surface area contributed by atoms with Crippen molar-refractivity contribution in [1.82, 2.24) is 0 Å². The molecule has 6 heteroatoms. The summed E-state index contributed by atoms with van der Waals surface area (Å²) < 4.78 is 23.8. The number of allylic oxidation sites excluding steroid dienone is 1. The van der Waals surface area contributed by atoms with Crippen LogP contribution in [0, 0.1) is 5.92 Å². The molecule has 0 spiro atoms. The molecule has 0 aliphatic carbocycles. The zero-order valence-corrected chi connectivity index (χ0v) is 17.1. The van der Waals surface area contributed by atoms with E-state index in [0.717, 1.165) is 0 Å². The quantitative estimate of drug-likeness (QED) is 0.255. The highest BCUT2D eigenvalue weighted by atomic mass is 28.4. The molecule has 0 aromatic rings. The first-order valence-electron chi connectivity index (χ1n) is 8.33. The van der Waals surface area contributed by atoms with Crippen molar-refractivity contribution >= 4 is 14.8 Å². The van der Waals surface area contributed by atoms with Gasteiger partial charge < -0.3 is 18.0 Å². The van der Waals surface area contributed by atoms with Crippen molar-refractivity contribution in [1.29, 1.82) is 0 Å². The molecule has 0 amide bonds. The van der Waals surface area contributed by atoms with Gasteiger partial charge in [-0.15, -0.1) is 0 Å². The summed E-state index contributed by atoms with van der Waals surface area (Å²) in [5, 5.41) is 0. The second-order valence-corrected chi connectivity index (χ2v) is 9.49. The summed E-state index contributed by atoms with van der Waals surface area (Å²) >= 11 is 0. The molecule has 0 aliphatic rings. The van der Waals surface area contributed by atoms with E-state index in [4.69, 9.17) is 18.0 Å². The van der Waals surface area contributed by atoms with Gasteiger partial charge in [-0.2, -0.15) is 0 Å². The van der Waals surface area contributed by atoms with Crippen molar-refractivity contribution < 1.29 is 22.8 Å². The molecule has 0 rings (SSSR count). The molecular formula is C17H34O5Si. The van der Waals surface area contributed by atoms with Gasteiger partial charge in [0.2, 0.25) is 5.79 Å². The van der Waals surface area contributed by atoms with E-state index in [-0.39, 0.29) is 12.2 Å². The standard InChI is InChI=1S/C17H34O5Si/c1-10-11-16(18)19-17(8,9)22-23(12-13(2)3,20-14(4)5)21-15(6)7/h10-11,13-15H,12H2,1-9H3. The van der Waals surface area contributed by atoms with Crippen LogP contribution in [0.25, 0.3) is 0 Å². The zero-order valence-electron chi connectivity index (χ0n) is 16.1. The predicted molar refractivity (Wildman–Crippen MR) is 93.9 cm³/mol. The summed E-state index contributed by atoms with van der Waals surface area (Å²) in [7, 11) is -3.01. The summed E-state index contributed by atoms with van der Waals surface area (Å²) in [5.41, 5.74) is 0. The van der Waals surface area contributed by atoms with Crippen molar-refractivity contribution in [3.05, 3.63) is 12.2 Å². The minimum atomic E-state index is -3.01. The van der Waals surface area contributed by atoms with Crippen LogP contribution < -0.4 is 0 Å². The molecule has 0 heterocycles. The van der Waals surface area contributed by atoms with Gasteiger partial charge in [-0.25, -0.2) is 4.79 Å². The number of rotatable bonds is 10. The Hall–Kier alpha value is -0.693. The molecule has 0 fully saturated rings. The summed E-state index contributed by atoms with van der Waals surface area (Å²) in [5.74, 6) is -1.23. The van der Waals surface area contributed by atoms with E-state index in [1.807, 2.05) is 27.7 Å². The average molecular weight is 347 g/mol. The van der Waals surface area contributed by atoms with Gasteiger partial charge >= 0.3 is 14.8 Å². The fourth-order valence-electron chi connectivity index (χ4n) is 2.24. The van der Waals surface area contributed by atoms with Crippen LogP contribution in [0.3, 0.4) is 0 Å². The van der Waals surface area contributed by atoms with E-state index in [1.54, 1.807) is 26.8 Å². The molecule has 0 saturated carbocycles. The Labute approximate surface area is 142 Å². The van der Waals surface area contributed by atoms with E-state index in [2.05, 4.69) is 13.8 Å². The minimum absolute atomic E-state index is 0.0406. The Balaban J connectivity index is 5.40. The maximum atomic E-state index is 11.8. The topological polar surface area (TPSA) is 54.0 Å². The summed E-state index contributed by atoms with van der Waals surface area (Å²) in [6.07, 6.45) is 2.91. The highest BCUT2D eigenvalue weighted by molar-refractivity contribution is 6.61. The van der Waals surface area contributed by atoms with Gasteiger partial charge in [-0.3, -0.25) is 0 Å². The van der Waals surface area contributed by atoms with Crippen LogP contribution in [0.15, 0.2) is 12.2 Å². The molecule has 0 radical (unpaired) electrons. The smallest absolute Gasteiger partial charge is 0.431 e. The van der Waals surface area contributed by atoms with Gasteiger partial charge in [0.05, 0.1) is 0 Å². The Morgan fingerprint density at radius 1 is 1.04 bits per heavy atom. The normalized spacial score (nSPS) is 13.6. The highest BCUT2D eigenvalue weighted by Gasteiger charge is 2.49. The Kier molecular flexibility index (Phi) is 9.28. The maximum absolute atomic E-state index is 11.8. The SMILES string of the molecule is CC=CC(=O)OC(C)(C)O[Si](CC(C)C)(OC(C)C)OC(C)C. The first kappa shape index (κ1) is 22.3. The largest absolute Gasteiger partial charge is 0.504 e. The summed E-state index contributed by atoms with van der Waals surface area (Å²) in [6, 6.07) is 0.661. The van der Waals surface area contributed by atoms with Crippen LogP contribution >= 0.6 is 0 Å². The number of esters is 1. The number of hydrogen-bond donors (Lipinski definition) is 0. The third kappa shape index (κ3) is 9.91. The lowest BCUT2D eigenvalue weighted by atomic mass is 10.3. The maximum Gasteiger partial charge on any atom is 0.504 e. The third-order valence-electron chi connectivity index (χ3n) is 2.54. The Morgan fingerprint density at radius 3 is 1.87 bits per heavy atom. The molecule has 0 bridgehead atoms. The van der Waals surface area contributed by atoms with Gasteiger partial charge in [0, 0.05) is 38.2 Å². The van der Waals surface area contributed by atoms with Gasteiger partial charge in [-0.05, 0) is 40.5 Å². The minimum Gasteiger partial charge on any atom is -0.431 e. The van der Waals surface area contributed by atoms with Crippen molar-refractivity contribution in [2.45, 2.75) is 86.4 Å². The monoisotopic (exact) mass is 346 g/mol. The first-order valence-corrected chi connectivity index (χ1v) is 10.3. The van der Waals surface area contributed by atoms with Crippen molar-refractivity contribution in [2.75, 3.05) is 0 Å².